The molecule has 15 heteroatoms. The van der Waals surface area contributed by atoms with Crippen LogP contribution in [0.25, 0.3) is 22.8 Å². The number of hydrogen-bond donors (Lipinski definition) is 0. The molecule has 7 rings (SSSR count). The fourth-order valence-electron chi connectivity index (χ4n) is 6.06. The molecule has 5 heterocycles. The molecule has 4 aromatic rings. The lowest BCUT2D eigenvalue weighted by Gasteiger charge is -2.35. The Morgan fingerprint density at radius 3 is 1.62 bits per heavy atom. The third-order valence-electron chi connectivity index (χ3n) is 8.43. The van der Waals surface area contributed by atoms with Gasteiger partial charge in [-0.3, -0.25) is 44.4 Å². The van der Waals surface area contributed by atoms with Crippen LogP contribution in [0.5, 0.6) is 0 Å². The van der Waals surface area contributed by atoms with Crippen LogP contribution in [0.2, 0.25) is 0 Å². The van der Waals surface area contributed by atoms with E-state index in [1.54, 1.807) is 58.2 Å². The van der Waals surface area contributed by atoms with Crippen molar-refractivity contribution in [3.8, 4) is 22.8 Å². The predicted molar refractivity (Wildman–Crippen MR) is 159 cm³/mol. The van der Waals surface area contributed by atoms with Gasteiger partial charge in [-0.1, -0.05) is 12.1 Å². The van der Waals surface area contributed by atoms with E-state index < -0.39 is 15.6 Å². The van der Waals surface area contributed by atoms with Gasteiger partial charge in [0, 0.05) is 38.1 Å². The van der Waals surface area contributed by atoms with Crippen molar-refractivity contribution in [2.24, 2.45) is 0 Å². The summed E-state index contributed by atoms with van der Waals surface area (Å²) < 4.78 is 14.8. The number of carbonyl (C=O) groups is 1. The number of ether oxygens (including phenoxy) is 2. The molecule has 1 spiro atoms. The molecule has 1 saturated heterocycles. The van der Waals surface area contributed by atoms with E-state index in [9.17, 15) is 25.0 Å². The molecule has 3 aliphatic rings. The van der Waals surface area contributed by atoms with Crippen LogP contribution in [-0.2, 0) is 14.3 Å². The van der Waals surface area contributed by atoms with Crippen LogP contribution in [0.15, 0.2) is 61.2 Å². The van der Waals surface area contributed by atoms with Crippen molar-refractivity contribution in [2.45, 2.75) is 69.2 Å². The Morgan fingerprint density at radius 1 is 0.733 bits per heavy atom. The second-order valence-corrected chi connectivity index (χ2v) is 11.2. The molecule has 0 bridgehead atoms. The highest BCUT2D eigenvalue weighted by atomic mass is 16.7. The van der Waals surface area contributed by atoms with Gasteiger partial charge in [-0.2, -0.15) is 10.2 Å². The number of pyridine rings is 2. The minimum Gasteiger partial charge on any atom is -0.348 e. The van der Waals surface area contributed by atoms with Gasteiger partial charge in [-0.05, 0) is 49.9 Å². The van der Waals surface area contributed by atoms with Crippen LogP contribution < -0.4 is 0 Å². The molecule has 3 fully saturated rings. The highest BCUT2D eigenvalue weighted by Crippen LogP contribution is 2.41. The van der Waals surface area contributed by atoms with Gasteiger partial charge >= 0.3 is 11.4 Å². The standard InChI is InChI=1S/C16H18N4O4.C14H14N4O3/c21-20(22)14-11-19(18-15(14)13-3-1-2-8-17-13)12-4-6-16(7-5-12)23-9-10-24-16;19-11-6-4-10(5-7-11)17-9-13(18(20)21)14(16-17)12-3-1-2-8-15-12/h1-3,8,11-12H,4-7,9-10H2;1-3,8-10H,4-7H2. The zero-order chi connectivity index (χ0) is 31.4. The van der Waals surface area contributed by atoms with Crippen LogP contribution >= 0.6 is 0 Å². The Kier molecular flexibility index (Phi) is 8.71. The fourth-order valence-corrected chi connectivity index (χ4v) is 6.06. The first kappa shape index (κ1) is 30.1. The third kappa shape index (κ3) is 6.63. The lowest BCUT2D eigenvalue weighted by Crippen LogP contribution is -2.35. The largest absolute Gasteiger partial charge is 0.348 e. The first-order valence-electron chi connectivity index (χ1n) is 14.9. The van der Waals surface area contributed by atoms with Crippen LogP contribution in [0.1, 0.15) is 63.5 Å². The van der Waals surface area contributed by atoms with E-state index in [2.05, 4.69) is 20.2 Å². The fraction of sp³-hybridized carbons (Fsp3) is 0.433. The summed E-state index contributed by atoms with van der Waals surface area (Å²) in [6.07, 6.45) is 11.7. The quantitative estimate of drug-likeness (QED) is 0.204. The summed E-state index contributed by atoms with van der Waals surface area (Å²) in [5.74, 6) is -0.197. The second-order valence-electron chi connectivity index (χ2n) is 11.2. The molecule has 45 heavy (non-hydrogen) atoms. The molecular formula is C30H32N8O7. The smallest absolute Gasteiger partial charge is 0.316 e. The predicted octanol–water partition coefficient (Wildman–Crippen LogP) is 5.25. The summed E-state index contributed by atoms with van der Waals surface area (Å²) in [4.78, 5) is 41.4. The second kappa shape index (κ2) is 13.0. The number of Topliss-reactive ketones (excluding diaryl/α,β-unsaturated/α-hetero) is 1. The Balaban J connectivity index is 0.000000160. The van der Waals surface area contributed by atoms with E-state index >= 15 is 0 Å². The number of hydrogen-bond acceptors (Lipinski definition) is 11. The molecule has 0 radical (unpaired) electrons. The number of nitrogens with zero attached hydrogens (tertiary/aromatic N) is 8. The number of rotatable bonds is 6. The number of nitro groups is 2. The van der Waals surface area contributed by atoms with Crippen molar-refractivity contribution < 1.29 is 24.1 Å². The average molecular weight is 617 g/mol. The Bertz CT molecular complexity index is 1650. The Labute approximate surface area is 257 Å². The highest BCUT2D eigenvalue weighted by molar-refractivity contribution is 5.79. The Morgan fingerprint density at radius 2 is 1.20 bits per heavy atom. The van der Waals surface area contributed by atoms with Crippen molar-refractivity contribution >= 4 is 17.2 Å². The van der Waals surface area contributed by atoms with E-state index in [4.69, 9.17) is 9.47 Å². The summed E-state index contributed by atoms with van der Waals surface area (Å²) in [5.41, 5.74) is 1.52. The van der Waals surface area contributed by atoms with E-state index in [0.29, 0.717) is 56.0 Å². The number of aromatic nitrogens is 6. The van der Waals surface area contributed by atoms with Gasteiger partial charge in [0.2, 0.25) is 0 Å². The van der Waals surface area contributed by atoms with Crippen molar-refractivity contribution in [3.63, 3.8) is 0 Å². The van der Waals surface area contributed by atoms with Crippen LogP contribution in [0, 0.1) is 20.2 Å². The molecule has 4 aromatic heterocycles. The van der Waals surface area contributed by atoms with Crippen LogP contribution in [-0.4, -0.2) is 64.2 Å². The van der Waals surface area contributed by atoms with E-state index in [1.165, 1.54) is 12.4 Å². The molecule has 0 N–H and O–H groups in total. The van der Waals surface area contributed by atoms with Gasteiger partial charge in [0.05, 0.1) is 46.5 Å². The molecule has 0 amide bonds. The van der Waals surface area contributed by atoms with Crippen LogP contribution in [0.3, 0.4) is 0 Å². The minimum atomic E-state index is -0.445. The maximum Gasteiger partial charge on any atom is 0.316 e. The zero-order valence-corrected chi connectivity index (χ0v) is 24.4. The van der Waals surface area contributed by atoms with Gasteiger partial charge < -0.3 is 9.47 Å². The summed E-state index contributed by atoms with van der Waals surface area (Å²) in [6, 6.07) is 10.7. The van der Waals surface area contributed by atoms with Gasteiger partial charge in [0.1, 0.15) is 18.2 Å². The number of carbonyl (C=O) groups excluding carboxylic acids is 1. The molecule has 0 aromatic carbocycles. The SMILES string of the molecule is O=C1CCC(n2cc([N+](=O)[O-])c(-c3ccccn3)n2)CC1.O=[N+]([O-])c1cn(C2CCC3(CC2)OCCO3)nc1-c1ccccn1. The van der Waals surface area contributed by atoms with Gasteiger partial charge in [-0.25, -0.2) is 0 Å². The molecule has 2 saturated carbocycles. The van der Waals surface area contributed by atoms with Crippen molar-refractivity contribution in [1.29, 1.82) is 0 Å². The van der Waals surface area contributed by atoms with Crippen molar-refractivity contribution in [2.75, 3.05) is 13.2 Å². The van der Waals surface area contributed by atoms with E-state index in [0.717, 1.165) is 25.7 Å². The van der Waals surface area contributed by atoms with Gasteiger partial charge in [0.25, 0.3) is 0 Å². The first-order valence-corrected chi connectivity index (χ1v) is 14.9. The first-order chi connectivity index (χ1) is 21.8. The third-order valence-corrected chi connectivity index (χ3v) is 8.43. The average Bonchev–Trinajstić information content (AvgIpc) is 3.83. The maximum atomic E-state index is 11.4. The van der Waals surface area contributed by atoms with E-state index in [-0.39, 0.29) is 34.9 Å². The monoisotopic (exact) mass is 616 g/mol. The molecule has 234 valence electrons. The minimum absolute atomic E-state index is 0.0117. The molecular weight excluding hydrogens is 584 g/mol. The summed E-state index contributed by atoms with van der Waals surface area (Å²) in [7, 11) is 0. The zero-order valence-electron chi connectivity index (χ0n) is 24.4. The normalized spacial score (nSPS) is 18.4. The molecule has 2 aliphatic carbocycles. The van der Waals surface area contributed by atoms with Crippen LogP contribution in [0.4, 0.5) is 11.4 Å². The molecule has 0 unspecified atom stereocenters. The summed E-state index contributed by atoms with van der Waals surface area (Å²) in [6.45, 7) is 1.28. The molecule has 15 nitrogen and oxygen atoms in total. The van der Waals surface area contributed by atoms with Gasteiger partial charge in [0.15, 0.2) is 17.2 Å². The van der Waals surface area contributed by atoms with Gasteiger partial charge in [-0.15, -0.1) is 0 Å². The van der Waals surface area contributed by atoms with E-state index in [1.807, 2.05) is 0 Å². The number of ketones is 1. The highest BCUT2D eigenvalue weighted by Gasteiger charge is 2.41. The summed E-state index contributed by atoms with van der Waals surface area (Å²) in [5, 5.41) is 31.4. The Hall–Kier alpha value is -4.89. The topological polar surface area (TPSA) is 183 Å². The summed E-state index contributed by atoms with van der Waals surface area (Å²) >= 11 is 0. The lowest BCUT2D eigenvalue weighted by atomic mass is 9.90. The van der Waals surface area contributed by atoms with Crippen molar-refractivity contribution in [3.05, 3.63) is 81.4 Å². The molecule has 0 atom stereocenters. The van der Waals surface area contributed by atoms with Crippen molar-refractivity contribution in [1.82, 2.24) is 29.5 Å². The lowest BCUT2D eigenvalue weighted by molar-refractivity contribution is -0.384. The molecule has 1 aliphatic heterocycles. The maximum absolute atomic E-state index is 11.4.